The lowest BCUT2D eigenvalue weighted by Gasteiger charge is -2.38. The predicted octanol–water partition coefficient (Wildman–Crippen LogP) is 1.70. The van der Waals surface area contributed by atoms with Crippen molar-refractivity contribution in [2.24, 2.45) is 0 Å². The molecule has 25 heavy (non-hydrogen) atoms. The first-order valence-corrected chi connectivity index (χ1v) is 8.39. The van der Waals surface area contributed by atoms with Crippen molar-refractivity contribution in [1.29, 1.82) is 0 Å². The largest absolute Gasteiger partial charge is 0.460 e. The van der Waals surface area contributed by atoms with E-state index in [-0.39, 0.29) is 29.3 Å². The third-order valence-electron chi connectivity index (χ3n) is 3.59. The maximum atomic E-state index is 12.2. The number of morpholine rings is 1. The van der Waals surface area contributed by atoms with Crippen molar-refractivity contribution in [3.8, 4) is 0 Å². The Kier molecular flexibility index (Phi) is 6.56. The van der Waals surface area contributed by atoms with E-state index < -0.39 is 11.9 Å². The molecule has 0 saturated carbocycles. The van der Waals surface area contributed by atoms with Gasteiger partial charge in [-0.2, -0.15) is 0 Å². The molecule has 1 fully saturated rings. The molecule has 2 rings (SSSR count). The van der Waals surface area contributed by atoms with Gasteiger partial charge in [0.25, 0.3) is 0 Å². The molecule has 0 spiro atoms. The molecule has 1 N–H and O–H groups in total. The van der Waals surface area contributed by atoms with E-state index in [1.165, 1.54) is 7.11 Å². The van der Waals surface area contributed by atoms with Crippen LogP contribution >= 0.6 is 11.6 Å². The van der Waals surface area contributed by atoms with Gasteiger partial charge in [0.1, 0.15) is 11.3 Å². The quantitative estimate of drug-likeness (QED) is 0.615. The van der Waals surface area contributed by atoms with Crippen LogP contribution in [0.1, 0.15) is 39.2 Å². The van der Waals surface area contributed by atoms with Crippen LogP contribution in [0.25, 0.3) is 0 Å². The molecule has 2 heterocycles. The van der Waals surface area contributed by atoms with Gasteiger partial charge in [-0.25, -0.2) is 0 Å². The fraction of sp³-hybridized carbons (Fsp3) is 0.688. The zero-order chi connectivity index (χ0) is 18.6. The number of hydrogen-bond donors (Lipinski definition) is 1. The van der Waals surface area contributed by atoms with Crippen LogP contribution < -0.4 is 4.90 Å². The summed E-state index contributed by atoms with van der Waals surface area (Å²) < 4.78 is 15.9. The maximum Gasteiger partial charge on any atom is 0.308 e. The second kappa shape index (κ2) is 8.27. The summed E-state index contributed by atoms with van der Waals surface area (Å²) in [6, 6.07) is 1.33. The van der Waals surface area contributed by atoms with Crippen molar-refractivity contribution in [1.82, 2.24) is 10.2 Å². The van der Waals surface area contributed by atoms with Crippen LogP contribution in [0.15, 0.2) is 6.07 Å². The van der Waals surface area contributed by atoms with Gasteiger partial charge in [0.05, 0.1) is 31.4 Å². The van der Waals surface area contributed by atoms with E-state index in [1.807, 2.05) is 25.7 Å². The summed E-state index contributed by atoms with van der Waals surface area (Å²) in [5.41, 5.74) is 0.241. The van der Waals surface area contributed by atoms with Crippen LogP contribution in [-0.4, -0.2) is 59.8 Å². The van der Waals surface area contributed by atoms with Crippen LogP contribution in [-0.2, 0) is 19.0 Å². The third kappa shape index (κ3) is 5.50. The Morgan fingerprint density at radius 1 is 1.52 bits per heavy atom. The second-order valence-corrected chi connectivity index (χ2v) is 7.13. The Hall–Kier alpha value is -1.48. The Labute approximate surface area is 152 Å². The average Bonchev–Trinajstić information content (AvgIpc) is 2.52. The molecular weight excluding hydrogens is 350 g/mol. The molecule has 0 aromatic carbocycles. The van der Waals surface area contributed by atoms with Crippen LogP contribution in [0.4, 0.5) is 5.69 Å². The number of anilines is 1. The number of aliphatic hydroxyl groups excluding tert-OH is 1. The summed E-state index contributed by atoms with van der Waals surface area (Å²) in [6.45, 7) is 6.80. The van der Waals surface area contributed by atoms with Gasteiger partial charge >= 0.3 is 5.97 Å². The number of carbonyl (C=O) groups excluding carboxylic acids is 1. The Balaban J connectivity index is 2.26. The highest BCUT2D eigenvalue weighted by atomic mass is 35.5. The van der Waals surface area contributed by atoms with Crippen LogP contribution in [0.5, 0.6) is 0 Å². The highest BCUT2D eigenvalue weighted by Gasteiger charge is 2.31. The van der Waals surface area contributed by atoms with Crippen molar-refractivity contribution in [2.45, 2.75) is 45.1 Å². The molecule has 8 nitrogen and oxygen atoms in total. The van der Waals surface area contributed by atoms with Gasteiger partial charge in [0.2, 0.25) is 6.29 Å². The molecule has 0 amide bonds. The van der Waals surface area contributed by atoms with Crippen LogP contribution in [0, 0.1) is 0 Å². The van der Waals surface area contributed by atoms with E-state index in [1.54, 1.807) is 6.07 Å². The van der Waals surface area contributed by atoms with Gasteiger partial charge < -0.3 is 24.2 Å². The number of esters is 1. The number of aromatic nitrogens is 2. The fourth-order valence-corrected chi connectivity index (χ4v) is 2.74. The molecule has 0 radical (unpaired) electrons. The number of carbonyl (C=O) groups is 1. The summed E-state index contributed by atoms with van der Waals surface area (Å²) in [4.78, 5) is 14.1. The van der Waals surface area contributed by atoms with Crippen molar-refractivity contribution in [2.75, 3.05) is 31.8 Å². The monoisotopic (exact) mass is 373 g/mol. The number of nitrogens with zero attached hydrogens (tertiary/aromatic N) is 3. The van der Waals surface area contributed by atoms with Gasteiger partial charge in [-0.05, 0) is 20.8 Å². The lowest BCUT2D eigenvalue weighted by Crippen LogP contribution is -2.48. The number of methoxy groups -OCH3 is 1. The molecule has 0 aliphatic carbocycles. The summed E-state index contributed by atoms with van der Waals surface area (Å²) in [5.74, 6) is -0.324. The van der Waals surface area contributed by atoms with Gasteiger partial charge in [0.15, 0.2) is 5.15 Å². The van der Waals surface area contributed by atoms with E-state index in [9.17, 15) is 9.90 Å². The molecule has 1 aromatic rings. The molecule has 1 saturated heterocycles. The van der Waals surface area contributed by atoms with Crippen LogP contribution in [0.2, 0.25) is 5.15 Å². The molecule has 1 aliphatic rings. The lowest BCUT2D eigenvalue weighted by atomic mass is 10.1. The normalized spacial score (nSPS) is 19.6. The fourth-order valence-electron chi connectivity index (χ4n) is 2.60. The summed E-state index contributed by atoms with van der Waals surface area (Å²) >= 11 is 5.98. The molecule has 1 aromatic heterocycles. The van der Waals surface area contributed by atoms with Crippen molar-refractivity contribution < 1.29 is 24.1 Å². The zero-order valence-corrected chi connectivity index (χ0v) is 15.6. The van der Waals surface area contributed by atoms with Crippen molar-refractivity contribution in [3.63, 3.8) is 0 Å². The van der Waals surface area contributed by atoms with Gasteiger partial charge in [-0.1, -0.05) is 11.6 Å². The van der Waals surface area contributed by atoms with E-state index in [0.29, 0.717) is 25.4 Å². The smallest absolute Gasteiger partial charge is 0.308 e. The van der Waals surface area contributed by atoms with Gasteiger partial charge in [-0.3, -0.25) is 4.79 Å². The number of aliphatic hydroxyl groups is 1. The van der Waals surface area contributed by atoms with Crippen LogP contribution in [0.3, 0.4) is 0 Å². The number of ether oxygens (including phenoxy) is 3. The maximum absolute atomic E-state index is 12.2. The second-order valence-electron chi connectivity index (χ2n) is 6.74. The topological polar surface area (TPSA) is 94.0 Å². The number of hydrogen-bond acceptors (Lipinski definition) is 8. The minimum absolute atomic E-state index is 0.139. The highest BCUT2D eigenvalue weighted by Crippen LogP contribution is 2.30. The summed E-state index contributed by atoms with van der Waals surface area (Å²) in [5, 5.41) is 17.9. The standard InChI is InChI=1S/C16H24ClN3O5/c1-16(2,3)25-13(21)7-10-9-24-6-5-20(10)11-8-12(17)18-19-14(11)15(22)23-4/h8,10,15,22H,5-7,9H2,1-4H3. The molecule has 2 unspecified atom stereocenters. The first-order chi connectivity index (χ1) is 11.7. The minimum Gasteiger partial charge on any atom is -0.460 e. The predicted molar refractivity (Wildman–Crippen MR) is 91.4 cm³/mol. The molecule has 0 bridgehead atoms. The van der Waals surface area contributed by atoms with Crippen molar-refractivity contribution >= 4 is 23.3 Å². The summed E-state index contributed by atoms with van der Waals surface area (Å²) in [7, 11) is 1.36. The SMILES string of the molecule is COC(O)c1nnc(Cl)cc1N1CCOCC1CC(=O)OC(C)(C)C. The minimum atomic E-state index is -1.25. The number of halogens is 1. The first kappa shape index (κ1) is 19.8. The van der Waals surface area contributed by atoms with E-state index in [0.717, 1.165) is 0 Å². The summed E-state index contributed by atoms with van der Waals surface area (Å²) in [6.07, 6.45) is -1.11. The Morgan fingerprint density at radius 3 is 2.88 bits per heavy atom. The van der Waals surface area contributed by atoms with E-state index >= 15 is 0 Å². The Morgan fingerprint density at radius 2 is 2.24 bits per heavy atom. The average molecular weight is 374 g/mol. The van der Waals surface area contributed by atoms with Crippen molar-refractivity contribution in [3.05, 3.63) is 16.9 Å². The van der Waals surface area contributed by atoms with Gasteiger partial charge in [-0.15, -0.1) is 10.2 Å². The van der Waals surface area contributed by atoms with Gasteiger partial charge in [0, 0.05) is 19.7 Å². The molecule has 140 valence electrons. The highest BCUT2D eigenvalue weighted by molar-refractivity contribution is 6.29. The van der Waals surface area contributed by atoms with E-state index in [4.69, 9.17) is 25.8 Å². The molecule has 9 heteroatoms. The third-order valence-corrected chi connectivity index (χ3v) is 3.77. The van der Waals surface area contributed by atoms with E-state index in [2.05, 4.69) is 10.2 Å². The number of rotatable bonds is 5. The molecular formula is C16H24ClN3O5. The lowest BCUT2D eigenvalue weighted by molar-refractivity contribution is -0.155. The Bertz CT molecular complexity index is 608. The molecule has 2 atom stereocenters. The zero-order valence-electron chi connectivity index (χ0n) is 14.9. The first-order valence-electron chi connectivity index (χ1n) is 8.01. The molecule has 1 aliphatic heterocycles.